The van der Waals surface area contributed by atoms with Gasteiger partial charge in [-0.2, -0.15) is 0 Å². The lowest BCUT2D eigenvalue weighted by Gasteiger charge is -2.16. The highest BCUT2D eigenvalue weighted by Crippen LogP contribution is 2.16. The highest BCUT2D eigenvalue weighted by molar-refractivity contribution is 7.80. The van der Waals surface area contributed by atoms with E-state index in [9.17, 15) is 4.79 Å². The van der Waals surface area contributed by atoms with Crippen LogP contribution in [0.1, 0.15) is 16.1 Å². The molecule has 0 unspecified atom stereocenters. The number of hydrogen-bond acceptors (Lipinski definition) is 3. The normalized spacial score (nSPS) is 10.1. The zero-order valence-corrected chi connectivity index (χ0v) is 10.6. The van der Waals surface area contributed by atoms with Crippen molar-refractivity contribution in [3.63, 3.8) is 0 Å². The summed E-state index contributed by atoms with van der Waals surface area (Å²) in [6.07, 6.45) is 1.47. The van der Waals surface area contributed by atoms with Crippen LogP contribution < -0.4 is 10.6 Å². The lowest BCUT2D eigenvalue weighted by Crippen LogP contribution is -2.25. The number of hydrogen-bond donors (Lipinski definition) is 1. The van der Waals surface area contributed by atoms with Gasteiger partial charge in [-0.25, -0.2) is 0 Å². The van der Waals surface area contributed by atoms with Crippen molar-refractivity contribution in [3.8, 4) is 0 Å². The van der Waals surface area contributed by atoms with Gasteiger partial charge in [-0.05, 0) is 36.4 Å². The van der Waals surface area contributed by atoms with Gasteiger partial charge in [-0.3, -0.25) is 4.79 Å². The summed E-state index contributed by atoms with van der Waals surface area (Å²) in [6.45, 7) is 0. The van der Waals surface area contributed by atoms with E-state index in [0.29, 0.717) is 10.7 Å². The molecule has 0 aliphatic carbocycles. The van der Waals surface area contributed by atoms with E-state index in [0.717, 1.165) is 11.3 Å². The number of anilines is 1. The molecule has 2 N–H and O–H groups in total. The molecule has 18 heavy (non-hydrogen) atoms. The lowest BCUT2D eigenvalue weighted by molar-refractivity contribution is 0.0966. The molecule has 1 amide bonds. The second kappa shape index (κ2) is 5.01. The molecule has 0 aliphatic heterocycles. The van der Waals surface area contributed by atoms with Crippen LogP contribution in [0.3, 0.4) is 0 Å². The first kappa shape index (κ1) is 12.3. The van der Waals surface area contributed by atoms with Crippen LogP contribution in [-0.2, 0) is 0 Å². The number of carbonyl (C=O) groups is 1. The fourth-order valence-electron chi connectivity index (χ4n) is 1.53. The van der Waals surface area contributed by atoms with Gasteiger partial charge >= 0.3 is 0 Å². The van der Waals surface area contributed by atoms with Gasteiger partial charge in [-0.1, -0.05) is 12.2 Å². The first-order valence-corrected chi connectivity index (χ1v) is 5.72. The summed E-state index contributed by atoms with van der Waals surface area (Å²) in [5.41, 5.74) is 7.03. The maximum atomic E-state index is 12.0. The zero-order valence-electron chi connectivity index (χ0n) is 9.79. The fourth-order valence-corrected chi connectivity index (χ4v) is 1.67. The Morgan fingerprint density at radius 1 is 1.28 bits per heavy atom. The molecule has 0 saturated carbocycles. The van der Waals surface area contributed by atoms with Crippen LogP contribution >= 0.6 is 12.2 Å². The van der Waals surface area contributed by atoms with Crippen LogP contribution in [0.5, 0.6) is 0 Å². The molecule has 4 nitrogen and oxygen atoms in total. The highest BCUT2D eigenvalue weighted by Gasteiger charge is 2.15. The standard InChI is InChI=1S/C13H12N2O2S/c1-15(13(16)11-3-2-8-17-11)10-6-4-9(5-7-10)12(14)18/h2-8H,1H3,(H2,14,18). The van der Waals surface area contributed by atoms with Crippen molar-refractivity contribution in [1.29, 1.82) is 0 Å². The Bertz CT molecular complexity index is 561. The molecule has 0 atom stereocenters. The molecule has 0 radical (unpaired) electrons. The first-order valence-electron chi connectivity index (χ1n) is 5.31. The number of thiocarbonyl (C=S) groups is 1. The first-order chi connectivity index (χ1) is 8.59. The van der Waals surface area contributed by atoms with E-state index < -0.39 is 0 Å². The van der Waals surface area contributed by atoms with Crippen molar-refractivity contribution >= 4 is 28.8 Å². The Balaban J connectivity index is 2.21. The topological polar surface area (TPSA) is 59.5 Å². The quantitative estimate of drug-likeness (QED) is 0.859. The Hall–Kier alpha value is -2.14. The van der Waals surface area contributed by atoms with Crippen LogP contribution in [0, 0.1) is 0 Å². The van der Waals surface area contributed by atoms with E-state index in [1.165, 1.54) is 11.2 Å². The van der Waals surface area contributed by atoms with E-state index in [2.05, 4.69) is 0 Å². The van der Waals surface area contributed by atoms with E-state index >= 15 is 0 Å². The molecule has 0 aliphatic rings. The molecule has 0 fully saturated rings. The minimum Gasteiger partial charge on any atom is -0.459 e. The van der Waals surface area contributed by atoms with Gasteiger partial charge < -0.3 is 15.1 Å². The number of carbonyl (C=O) groups excluding carboxylic acids is 1. The number of furan rings is 1. The maximum absolute atomic E-state index is 12.0. The molecular formula is C13H12N2O2S. The van der Waals surface area contributed by atoms with Gasteiger partial charge in [0, 0.05) is 18.3 Å². The Kier molecular flexibility index (Phi) is 3.43. The third kappa shape index (κ3) is 2.41. The zero-order chi connectivity index (χ0) is 13.1. The SMILES string of the molecule is CN(C(=O)c1ccco1)c1ccc(C(N)=S)cc1. The summed E-state index contributed by atoms with van der Waals surface area (Å²) in [5.74, 6) is 0.0963. The van der Waals surface area contributed by atoms with Crippen LogP contribution in [-0.4, -0.2) is 17.9 Å². The summed E-state index contributed by atoms with van der Waals surface area (Å²) in [6, 6.07) is 10.4. The summed E-state index contributed by atoms with van der Waals surface area (Å²) in [5, 5.41) is 0. The van der Waals surface area contributed by atoms with Gasteiger partial charge in [0.2, 0.25) is 0 Å². The summed E-state index contributed by atoms with van der Waals surface area (Å²) in [7, 11) is 1.68. The molecule has 0 saturated heterocycles. The van der Waals surface area contributed by atoms with Gasteiger partial charge in [0.15, 0.2) is 5.76 Å². The minimum absolute atomic E-state index is 0.205. The van der Waals surface area contributed by atoms with Crippen molar-refractivity contribution in [2.45, 2.75) is 0 Å². The average Bonchev–Trinajstić information content (AvgIpc) is 2.91. The third-order valence-electron chi connectivity index (χ3n) is 2.58. The van der Waals surface area contributed by atoms with E-state index in [-0.39, 0.29) is 5.91 Å². The number of amides is 1. The summed E-state index contributed by atoms with van der Waals surface area (Å²) < 4.78 is 5.07. The highest BCUT2D eigenvalue weighted by atomic mass is 32.1. The number of benzene rings is 1. The number of rotatable bonds is 3. The Morgan fingerprint density at radius 2 is 1.94 bits per heavy atom. The molecule has 1 aromatic heterocycles. The van der Waals surface area contributed by atoms with Crippen LogP contribution in [0.2, 0.25) is 0 Å². The molecule has 5 heteroatoms. The average molecular weight is 260 g/mol. The second-order valence-electron chi connectivity index (χ2n) is 3.75. The molecule has 2 rings (SSSR count). The van der Waals surface area contributed by atoms with Crippen molar-refractivity contribution < 1.29 is 9.21 Å². The molecule has 2 aromatic rings. The van der Waals surface area contributed by atoms with Crippen LogP contribution in [0.25, 0.3) is 0 Å². The smallest absolute Gasteiger partial charge is 0.293 e. The predicted octanol–water partition coefficient (Wildman–Crippen LogP) is 2.19. The lowest BCUT2D eigenvalue weighted by atomic mass is 10.2. The van der Waals surface area contributed by atoms with Crippen LogP contribution in [0.15, 0.2) is 47.1 Å². The summed E-state index contributed by atoms with van der Waals surface area (Å²) in [4.78, 5) is 13.8. The molecule has 0 spiro atoms. The minimum atomic E-state index is -0.205. The van der Waals surface area contributed by atoms with Crippen LogP contribution in [0.4, 0.5) is 5.69 Å². The molecule has 1 heterocycles. The van der Waals surface area contributed by atoms with E-state index in [1.807, 2.05) is 0 Å². The number of nitrogens with zero attached hydrogens (tertiary/aromatic N) is 1. The van der Waals surface area contributed by atoms with Gasteiger partial charge in [0.1, 0.15) is 4.99 Å². The predicted molar refractivity (Wildman–Crippen MR) is 73.8 cm³/mol. The molecular weight excluding hydrogens is 248 g/mol. The van der Waals surface area contributed by atoms with Gasteiger partial charge in [0.25, 0.3) is 5.91 Å². The maximum Gasteiger partial charge on any atom is 0.293 e. The number of nitrogens with two attached hydrogens (primary N) is 1. The second-order valence-corrected chi connectivity index (χ2v) is 4.19. The fraction of sp³-hybridized carbons (Fsp3) is 0.0769. The van der Waals surface area contributed by atoms with Crippen molar-refractivity contribution in [2.75, 3.05) is 11.9 Å². The van der Waals surface area contributed by atoms with Crippen molar-refractivity contribution in [2.24, 2.45) is 5.73 Å². The molecule has 1 aromatic carbocycles. The van der Waals surface area contributed by atoms with Crippen molar-refractivity contribution in [3.05, 3.63) is 54.0 Å². The Labute approximate surface area is 110 Å². The third-order valence-corrected chi connectivity index (χ3v) is 2.81. The Morgan fingerprint density at radius 3 is 2.44 bits per heavy atom. The molecule has 0 bridgehead atoms. The van der Waals surface area contributed by atoms with E-state index in [1.54, 1.807) is 43.4 Å². The van der Waals surface area contributed by atoms with E-state index in [4.69, 9.17) is 22.4 Å². The largest absolute Gasteiger partial charge is 0.459 e. The van der Waals surface area contributed by atoms with Crippen molar-refractivity contribution in [1.82, 2.24) is 0 Å². The molecule has 92 valence electrons. The van der Waals surface area contributed by atoms with Gasteiger partial charge in [-0.15, -0.1) is 0 Å². The monoisotopic (exact) mass is 260 g/mol. The van der Waals surface area contributed by atoms with Gasteiger partial charge in [0.05, 0.1) is 6.26 Å². The summed E-state index contributed by atoms with van der Waals surface area (Å²) >= 11 is 4.87.